The van der Waals surface area contributed by atoms with Gasteiger partial charge in [0.25, 0.3) is 0 Å². The molecule has 0 amide bonds. The molecule has 0 heterocycles. The number of carbonyl (C=O) groups is 2. The molecule has 0 radical (unpaired) electrons. The quantitative estimate of drug-likeness (QED) is 0.325. The van der Waals surface area contributed by atoms with Gasteiger partial charge in [0, 0.05) is 17.9 Å². The SMILES string of the molecule is CCCCCOC(=O)CCCCCC(=O)Oc1cccc(Cl)c1. The molecule has 1 aromatic rings. The van der Waals surface area contributed by atoms with Crippen molar-refractivity contribution in [2.45, 2.75) is 58.3 Å². The van der Waals surface area contributed by atoms with Crippen molar-refractivity contribution in [3.05, 3.63) is 29.3 Å². The number of hydrogen-bond acceptors (Lipinski definition) is 4. The smallest absolute Gasteiger partial charge is 0.311 e. The lowest BCUT2D eigenvalue weighted by Crippen LogP contribution is -2.08. The molecule has 1 rings (SSSR count). The van der Waals surface area contributed by atoms with E-state index < -0.39 is 0 Å². The van der Waals surface area contributed by atoms with Crippen molar-refractivity contribution in [1.29, 1.82) is 0 Å². The molecule has 0 bridgehead atoms. The number of ether oxygens (including phenoxy) is 2. The highest BCUT2D eigenvalue weighted by molar-refractivity contribution is 6.30. The molecule has 0 spiro atoms. The van der Waals surface area contributed by atoms with Gasteiger partial charge in [0.1, 0.15) is 5.75 Å². The van der Waals surface area contributed by atoms with Gasteiger partial charge in [-0.2, -0.15) is 0 Å². The van der Waals surface area contributed by atoms with Crippen LogP contribution in [-0.2, 0) is 14.3 Å². The summed E-state index contributed by atoms with van der Waals surface area (Å²) in [6, 6.07) is 6.75. The van der Waals surface area contributed by atoms with E-state index in [2.05, 4.69) is 6.92 Å². The Morgan fingerprint density at radius 2 is 1.74 bits per heavy atom. The number of esters is 2. The number of carbonyl (C=O) groups excluding carboxylic acids is 2. The summed E-state index contributed by atoms with van der Waals surface area (Å²) in [6.07, 6.45) is 6.10. The molecule has 0 saturated heterocycles. The standard InChI is InChI=1S/C18H25ClO4/c1-2-3-7-13-22-17(20)11-5-4-6-12-18(21)23-16-10-8-9-15(19)14-16/h8-10,14H,2-7,11-13H2,1H3. The Bertz CT molecular complexity index is 488. The predicted molar refractivity (Wildman–Crippen MR) is 90.7 cm³/mol. The molecule has 0 N–H and O–H groups in total. The second kappa shape index (κ2) is 11.9. The maximum atomic E-state index is 11.7. The Morgan fingerprint density at radius 3 is 2.43 bits per heavy atom. The molecule has 128 valence electrons. The van der Waals surface area contributed by atoms with Crippen LogP contribution >= 0.6 is 11.6 Å². The minimum atomic E-state index is -0.283. The van der Waals surface area contributed by atoms with Crippen LogP contribution in [0.25, 0.3) is 0 Å². The molecule has 0 aliphatic carbocycles. The highest BCUT2D eigenvalue weighted by Gasteiger charge is 2.06. The fourth-order valence-electron chi connectivity index (χ4n) is 2.04. The molecule has 1 aromatic carbocycles. The summed E-state index contributed by atoms with van der Waals surface area (Å²) < 4.78 is 10.3. The zero-order chi connectivity index (χ0) is 16.9. The molecule has 0 atom stereocenters. The molecule has 4 nitrogen and oxygen atoms in total. The molecule has 0 saturated carbocycles. The number of rotatable bonds is 11. The Morgan fingerprint density at radius 1 is 1.00 bits per heavy atom. The summed E-state index contributed by atoms with van der Waals surface area (Å²) in [5.74, 6) is 0.0233. The van der Waals surface area contributed by atoms with E-state index in [1.165, 1.54) is 0 Å². The topological polar surface area (TPSA) is 52.6 Å². The third kappa shape index (κ3) is 9.95. The predicted octanol–water partition coefficient (Wildman–Crippen LogP) is 4.93. The highest BCUT2D eigenvalue weighted by Crippen LogP contribution is 2.18. The van der Waals surface area contributed by atoms with E-state index in [1.807, 2.05) is 0 Å². The second-order valence-corrected chi connectivity index (χ2v) is 5.86. The van der Waals surface area contributed by atoms with Crippen molar-refractivity contribution in [1.82, 2.24) is 0 Å². The number of halogens is 1. The van der Waals surface area contributed by atoms with E-state index in [9.17, 15) is 9.59 Å². The molecule has 0 unspecified atom stereocenters. The van der Waals surface area contributed by atoms with Crippen molar-refractivity contribution >= 4 is 23.5 Å². The monoisotopic (exact) mass is 340 g/mol. The average molecular weight is 341 g/mol. The molecular weight excluding hydrogens is 316 g/mol. The molecule has 0 fully saturated rings. The van der Waals surface area contributed by atoms with Gasteiger partial charge in [0.15, 0.2) is 0 Å². The van der Waals surface area contributed by atoms with Crippen molar-refractivity contribution in [2.24, 2.45) is 0 Å². The fraction of sp³-hybridized carbons (Fsp3) is 0.556. The Hall–Kier alpha value is -1.55. The van der Waals surface area contributed by atoms with Crippen LogP contribution in [-0.4, -0.2) is 18.5 Å². The summed E-state index contributed by atoms with van der Waals surface area (Å²) in [5, 5.41) is 0.535. The van der Waals surface area contributed by atoms with Gasteiger partial charge in [-0.25, -0.2) is 0 Å². The average Bonchev–Trinajstić information content (AvgIpc) is 2.51. The van der Waals surface area contributed by atoms with Gasteiger partial charge in [-0.3, -0.25) is 9.59 Å². The maximum Gasteiger partial charge on any atom is 0.311 e. The minimum absolute atomic E-state index is 0.150. The zero-order valence-corrected chi connectivity index (χ0v) is 14.4. The van der Waals surface area contributed by atoms with Crippen LogP contribution in [0.15, 0.2) is 24.3 Å². The van der Waals surface area contributed by atoms with Crippen molar-refractivity contribution in [3.63, 3.8) is 0 Å². The minimum Gasteiger partial charge on any atom is -0.466 e. The number of unbranched alkanes of at least 4 members (excludes halogenated alkanes) is 4. The van der Waals surface area contributed by atoms with Crippen molar-refractivity contribution in [3.8, 4) is 5.75 Å². The molecular formula is C18H25ClO4. The third-order valence-corrected chi connectivity index (χ3v) is 3.54. The van der Waals surface area contributed by atoms with E-state index in [-0.39, 0.29) is 11.9 Å². The van der Waals surface area contributed by atoms with Crippen LogP contribution < -0.4 is 4.74 Å². The Labute approximate surface area is 143 Å². The highest BCUT2D eigenvalue weighted by atomic mass is 35.5. The first-order valence-corrected chi connectivity index (χ1v) is 8.61. The summed E-state index contributed by atoms with van der Waals surface area (Å²) in [6.45, 7) is 2.62. The molecule has 5 heteroatoms. The third-order valence-electron chi connectivity index (χ3n) is 3.30. The van der Waals surface area contributed by atoms with Crippen LogP contribution in [0.2, 0.25) is 5.02 Å². The van der Waals surface area contributed by atoms with E-state index in [4.69, 9.17) is 21.1 Å². The first-order chi connectivity index (χ1) is 11.1. The molecule has 0 aliphatic heterocycles. The van der Waals surface area contributed by atoms with Gasteiger partial charge >= 0.3 is 11.9 Å². The number of benzene rings is 1. The van der Waals surface area contributed by atoms with Crippen molar-refractivity contribution < 1.29 is 19.1 Å². The van der Waals surface area contributed by atoms with E-state index in [0.717, 1.165) is 32.1 Å². The lowest BCUT2D eigenvalue weighted by molar-refractivity contribution is -0.143. The summed E-state index contributed by atoms with van der Waals surface area (Å²) >= 11 is 5.82. The van der Waals surface area contributed by atoms with E-state index in [0.29, 0.717) is 36.6 Å². The van der Waals surface area contributed by atoms with Crippen LogP contribution in [0, 0.1) is 0 Å². The van der Waals surface area contributed by atoms with E-state index >= 15 is 0 Å². The Kier molecular flexibility index (Phi) is 10.1. The number of hydrogen-bond donors (Lipinski definition) is 0. The van der Waals surface area contributed by atoms with Gasteiger partial charge in [-0.15, -0.1) is 0 Å². The second-order valence-electron chi connectivity index (χ2n) is 5.42. The first-order valence-electron chi connectivity index (χ1n) is 8.23. The molecule has 0 aromatic heterocycles. The van der Waals surface area contributed by atoms with Crippen molar-refractivity contribution in [2.75, 3.05) is 6.61 Å². The zero-order valence-electron chi connectivity index (χ0n) is 13.7. The van der Waals surface area contributed by atoms with E-state index in [1.54, 1.807) is 24.3 Å². The molecule has 0 aliphatic rings. The summed E-state index contributed by atoms with van der Waals surface area (Å²) in [7, 11) is 0. The van der Waals surface area contributed by atoms with Gasteiger partial charge in [0.2, 0.25) is 0 Å². The fourth-order valence-corrected chi connectivity index (χ4v) is 2.22. The maximum absolute atomic E-state index is 11.7. The van der Waals surface area contributed by atoms with Crippen LogP contribution in [0.5, 0.6) is 5.75 Å². The largest absolute Gasteiger partial charge is 0.466 e. The van der Waals surface area contributed by atoms with Gasteiger partial charge < -0.3 is 9.47 Å². The first kappa shape index (κ1) is 19.5. The van der Waals surface area contributed by atoms with Gasteiger partial charge in [0.05, 0.1) is 6.61 Å². The van der Waals surface area contributed by atoms with Gasteiger partial charge in [-0.05, 0) is 37.5 Å². The summed E-state index contributed by atoms with van der Waals surface area (Å²) in [5.41, 5.74) is 0. The molecule has 23 heavy (non-hydrogen) atoms. The Balaban J connectivity index is 2.04. The summed E-state index contributed by atoms with van der Waals surface area (Å²) in [4.78, 5) is 23.1. The lowest BCUT2D eigenvalue weighted by atomic mass is 10.1. The normalized spacial score (nSPS) is 10.3. The van der Waals surface area contributed by atoms with Gasteiger partial charge in [-0.1, -0.05) is 43.9 Å². The lowest BCUT2D eigenvalue weighted by Gasteiger charge is -2.05. The van der Waals surface area contributed by atoms with Crippen LogP contribution in [0.3, 0.4) is 0 Å². The van der Waals surface area contributed by atoms with Crippen LogP contribution in [0.4, 0.5) is 0 Å². The van der Waals surface area contributed by atoms with Crippen LogP contribution in [0.1, 0.15) is 58.3 Å².